The van der Waals surface area contributed by atoms with Gasteiger partial charge in [-0.25, -0.2) is 9.59 Å². The van der Waals surface area contributed by atoms with Crippen molar-refractivity contribution in [3.05, 3.63) is 0 Å². The normalized spacial score (nSPS) is 17.7. The molecule has 1 aliphatic rings. The van der Waals surface area contributed by atoms with E-state index >= 15 is 0 Å². The number of nitrogens with one attached hydrogen (secondary N) is 2. The average Bonchev–Trinajstić information content (AvgIpc) is 2.39. The molecule has 0 radical (unpaired) electrons. The molecule has 19 heavy (non-hydrogen) atoms. The third kappa shape index (κ3) is 6.65. The summed E-state index contributed by atoms with van der Waals surface area (Å²) in [6, 6.07) is -1.55. The summed E-state index contributed by atoms with van der Waals surface area (Å²) in [4.78, 5) is 24.5. The number of aliphatic carboxylic acids is 1. The van der Waals surface area contributed by atoms with Crippen molar-refractivity contribution in [2.24, 2.45) is 0 Å². The molecule has 4 N–H and O–H groups in total. The highest BCUT2D eigenvalue weighted by Gasteiger charge is 2.19. The fourth-order valence-electron chi connectivity index (χ4n) is 1.75. The zero-order valence-electron chi connectivity index (χ0n) is 10.8. The van der Waals surface area contributed by atoms with E-state index in [1.54, 1.807) is 0 Å². The molecule has 0 aliphatic carbocycles. The van der Waals surface area contributed by atoms with E-state index in [0.717, 1.165) is 31.1 Å². The molecule has 1 fully saturated rings. The van der Waals surface area contributed by atoms with Crippen LogP contribution in [0, 0.1) is 0 Å². The lowest BCUT2D eigenvalue weighted by Crippen LogP contribution is -2.48. The summed E-state index contributed by atoms with van der Waals surface area (Å²) >= 11 is 1.93. The van der Waals surface area contributed by atoms with Crippen LogP contribution in [0.25, 0.3) is 0 Å². The van der Waals surface area contributed by atoms with Crippen molar-refractivity contribution in [1.29, 1.82) is 0 Å². The number of nitrogens with zero attached hydrogens (tertiary/aromatic N) is 1. The number of carboxylic acid groups (broad SMARTS) is 1. The van der Waals surface area contributed by atoms with Crippen LogP contribution in [0.3, 0.4) is 0 Å². The highest BCUT2D eigenvalue weighted by Crippen LogP contribution is 2.07. The molecule has 1 heterocycles. The summed E-state index contributed by atoms with van der Waals surface area (Å²) in [5, 5.41) is 22.5. The third-order valence-electron chi connectivity index (χ3n) is 2.84. The van der Waals surface area contributed by atoms with E-state index in [2.05, 4.69) is 15.5 Å². The van der Waals surface area contributed by atoms with Crippen molar-refractivity contribution in [3.8, 4) is 0 Å². The second-order valence-corrected chi connectivity index (χ2v) is 5.48. The Morgan fingerprint density at radius 1 is 1.32 bits per heavy atom. The number of carbonyl (C=O) groups excluding carboxylic acids is 1. The van der Waals surface area contributed by atoms with Gasteiger partial charge in [-0.2, -0.15) is 11.8 Å². The Bertz CT molecular complexity index is 298. The number of aliphatic hydroxyl groups is 1. The molecule has 1 aliphatic heterocycles. The van der Waals surface area contributed by atoms with E-state index in [1.165, 1.54) is 0 Å². The summed E-state index contributed by atoms with van der Waals surface area (Å²) in [6.45, 7) is 3.03. The van der Waals surface area contributed by atoms with Gasteiger partial charge in [0.15, 0.2) is 0 Å². The molecule has 0 aromatic rings. The fourth-order valence-corrected chi connectivity index (χ4v) is 2.73. The smallest absolute Gasteiger partial charge is 0.326 e. The summed E-state index contributed by atoms with van der Waals surface area (Å²) in [5.74, 6) is 1.09. The van der Waals surface area contributed by atoms with Crippen molar-refractivity contribution in [1.82, 2.24) is 15.5 Å². The number of thioether (sulfide) groups is 1. The molecule has 7 nitrogen and oxygen atoms in total. The van der Waals surface area contributed by atoms with E-state index < -0.39 is 18.0 Å². The second-order valence-electron chi connectivity index (χ2n) is 4.26. The van der Waals surface area contributed by atoms with Crippen molar-refractivity contribution < 1.29 is 19.8 Å². The minimum Gasteiger partial charge on any atom is -0.480 e. The summed E-state index contributed by atoms with van der Waals surface area (Å²) in [7, 11) is 0. The Morgan fingerprint density at radius 2 is 2.00 bits per heavy atom. The Labute approximate surface area is 116 Å². The van der Waals surface area contributed by atoms with Gasteiger partial charge in [0.2, 0.25) is 0 Å². The fraction of sp³-hybridized carbons (Fsp3) is 0.818. The van der Waals surface area contributed by atoms with Crippen LogP contribution in [0.2, 0.25) is 0 Å². The number of rotatable bonds is 7. The van der Waals surface area contributed by atoms with Crippen LogP contribution in [0.5, 0.6) is 0 Å². The highest BCUT2D eigenvalue weighted by atomic mass is 32.2. The lowest BCUT2D eigenvalue weighted by molar-refractivity contribution is -0.139. The quantitative estimate of drug-likeness (QED) is 0.488. The lowest BCUT2D eigenvalue weighted by Gasteiger charge is -2.26. The first-order chi connectivity index (χ1) is 9.13. The SMILES string of the molecule is O=C(NCCN1CCSCC1)N[C@H](CCO)C(=O)O. The third-order valence-corrected chi connectivity index (χ3v) is 3.78. The number of amides is 2. The van der Waals surface area contributed by atoms with Gasteiger partial charge in [-0.1, -0.05) is 0 Å². The van der Waals surface area contributed by atoms with E-state index in [-0.39, 0.29) is 13.0 Å². The zero-order valence-corrected chi connectivity index (χ0v) is 11.6. The van der Waals surface area contributed by atoms with Crippen molar-refractivity contribution in [2.75, 3.05) is 44.3 Å². The van der Waals surface area contributed by atoms with Gasteiger partial charge < -0.3 is 20.8 Å². The molecule has 0 aromatic heterocycles. The molecule has 0 spiro atoms. The number of hydrogen-bond acceptors (Lipinski definition) is 5. The van der Waals surface area contributed by atoms with Crippen molar-refractivity contribution in [2.45, 2.75) is 12.5 Å². The van der Waals surface area contributed by atoms with E-state index in [0.29, 0.717) is 6.54 Å². The summed E-state index contributed by atoms with van der Waals surface area (Å²) in [6.07, 6.45) is 0.00605. The Kier molecular flexibility index (Phi) is 7.61. The van der Waals surface area contributed by atoms with Crippen LogP contribution in [0.15, 0.2) is 0 Å². The van der Waals surface area contributed by atoms with Gasteiger partial charge >= 0.3 is 12.0 Å². The summed E-state index contributed by atoms with van der Waals surface area (Å²) in [5.41, 5.74) is 0. The number of aliphatic hydroxyl groups excluding tert-OH is 1. The Morgan fingerprint density at radius 3 is 2.58 bits per heavy atom. The molecule has 1 saturated heterocycles. The first-order valence-corrected chi connectivity index (χ1v) is 7.47. The first kappa shape index (κ1) is 16.1. The number of urea groups is 1. The average molecular weight is 291 g/mol. The molecule has 0 saturated carbocycles. The molecule has 0 unspecified atom stereocenters. The van der Waals surface area contributed by atoms with Gasteiger partial charge in [-0.05, 0) is 0 Å². The van der Waals surface area contributed by atoms with E-state index in [9.17, 15) is 9.59 Å². The van der Waals surface area contributed by atoms with Crippen molar-refractivity contribution in [3.63, 3.8) is 0 Å². The maximum absolute atomic E-state index is 11.5. The minimum atomic E-state index is -1.14. The summed E-state index contributed by atoms with van der Waals surface area (Å²) < 4.78 is 0. The van der Waals surface area contributed by atoms with Crippen LogP contribution in [0.1, 0.15) is 6.42 Å². The second kappa shape index (κ2) is 9.00. The van der Waals surface area contributed by atoms with Crippen LogP contribution in [-0.2, 0) is 4.79 Å². The van der Waals surface area contributed by atoms with Crippen LogP contribution in [0.4, 0.5) is 4.79 Å². The lowest BCUT2D eigenvalue weighted by atomic mass is 10.2. The molecule has 0 bridgehead atoms. The Hall–Kier alpha value is -0.990. The molecule has 110 valence electrons. The van der Waals surface area contributed by atoms with Crippen molar-refractivity contribution >= 4 is 23.8 Å². The van der Waals surface area contributed by atoms with E-state index in [1.807, 2.05) is 11.8 Å². The van der Waals surface area contributed by atoms with Crippen LogP contribution in [-0.4, -0.2) is 77.4 Å². The molecule has 8 heteroatoms. The van der Waals surface area contributed by atoms with Crippen LogP contribution >= 0.6 is 11.8 Å². The molecule has 1 rings (SSSR count). The number of carboxylic acids is 1. The van der Waals surface area contributed by atoms with E-state index in [4.69, 9.17) is 10.2 Å². The largest absolute Gasteiger partial charge is 0.480 e. The molecular formula is C11H21N3O4S. The maximum Gasteiger partial charge on any atom is 0.326 e. The first-order valence-electron chi connectivity index (χ1n) is 6.31. The molecule has 2 amide bonds. The van der Waals surface area contributed by atoms with Gasteiger partial charge in [0, 0.05) is 50.7 Å². The van der Waals surface area contributed by atoms with Gasteiger partial charge in [-0.15, -0.1) is 0 Å². The standard InChI is InChI=1S/C11H21N3O4S/c15-6-1-9(10(16)17)13-11(18)12-2-3-14-4-7-19-8-5-14/h9,15H,1-8H2,(H,16,17)(H2,12,13,18)/t9-/m1/s1. The monoisotopic (exact) mass is 291 g/mol. The molecule has 0 aromatic carbocycles. The van der Waals surface area contributed by atoms with Gasteiger partial charge in [0.25, 0.3) is 0 Å². The predicted octanol–water partition coefficient (Wildman–Crippen LogP) is -0.830. The van der Waals surface area contributed by atoms with Gasteiger partial charge in [0.1, 0.15) is 6.04 Å². The van der Waals surface area contributed by atoms with Gasteiger partial charge in [0.05, 0.1) is 0 Å². The van der Waals surface area contributed by atoms with Gasteiger partial charge in [-0.3, -0.25) is 4.90 Å². The Balaban J connectivity index is 2.17. The number of hydrogen-bond donors (Lipinski definition) is 4. The topological polar surface area (TPSA) is 102 Å². The molecular weight excluding hydrogens is 270 g/mol. The minimum absolute atomic E-state index is 0.00605. The molecule has 1 atom stereocenters. The maximum atomic E-state index is 11.5. The number of carbonyl (C=O) groups is 2. The zero-order chi connectivity index (χ0) is 14.1. The predicted molar refractivity (Wildman–Crippen MR) is 73.4 cm³/mol. The van der Waals surface area contributed by atoms with Crippen LogP contribution < -0.4 is 10.6 Å². The highest BCUT2D eigenvalue weighted by molar-refractivity contribution is 7.99.